The number of H-pyrrole nitrogens is 3. The molecule has 3 amide bonds. The number of ether oxygens (including phenoxy) is 7. The molecule has 9 aromatic carbocycles. The van der Waals surface area contributed by atoms with Crippen LogP contribution in [0.25, 0.3) is 32.7 Å². The van der Waals surface area contributed by atoms with Gasteiger partial charge in [-0.15, -0.1) is 0 Å². The van der Waals surface area contributed by atoms with Crippen LogP contribution < -0.4 is 28.4 Å². The van der Waals surface area contributed by atoms with Gasteiger partial charge in [-0.1, -0.05) is 71.2 Å². The van der Waals surface area contributed by atoms with Gasteiger partial charge >= 0.3 is 18.3 Å². The van der Waals surface area contributed by atoms with Gasteiger partial charge < -0.3 is 67.7 Å². The van der Waals surface area contributed by atoms with Gasteiger partial charge in [0.15, 0.2) is 0 Å². The van der Waals surface area contributed by atoms with Crippen LogP contribution in [0.5, 0.6) is 34.5 Å². The third-order valence-corrected chi connectivity index (χ3v) is 24.4. The van der Waals surface area contributed by atoms with E-state index >= 15 is 0 Å². The lowest BCUT2D eigenvalue weighted by molar-refractivity contribution is 0.134. The second kappa shape index (κ2) is 40.5. The Bertz CT molecular complexity index is 5490. The number of aromatic nitrogens is 3. The molecule has 3 unspecified atom stereocenters. The summed E-state index contributed by atoms with van der Waals surface area (Å²) in [7, 11) is 5.94. The van der Waals surface area contributed by atoms with E-state index in [1.54, 1.807) is 21.8 Å². The van der Waals surface area contributed by atoms with Crippen molar-refractivity contribution in [2.75, 3.05) is 144 Å². The van der Waals surface area contributed by atoms with E-state index in [1.807, 2.05) is 139 Å². The maximum Gasteiger partial charge on any atom is 0.416 e. The Balaban J connectivity index is 0.000000141. The predicted octanol–water partition coefficient (Wildman–Crippen LogP) is 19.5. The number of nitrogens with one attached hydrogen (secondary N) is 3. The fourth-order valence-electron chi connectivity index (χ4n) is 16.4. The van der Waals surface area contributed by atoms with Gasteiger partial charge in [0.1, 0.15) is 70.1 Å². The van der Waals surface area contributed by atoms with E-state index in [2.05, 4.69) is 48.6 Å². The van der Waals surface area contributed by atoms with Gasteiger partial charge in [0, 0.05) is 169 Å². The van der Waals surface area contributed by atoms with Crippen LogP contribution in [0.15, 0.2) is 200 Å². The smallest absolute Gasteiger partial charge is 0.416 e. The second-order valence-electron chi connectivity index (χ2n) is 30.8. The molecule has 3 aromatic heterocycles. The molecule has 2 saturated heterocycles. The van der Waals surface area contributed by atoms with E-state index in [-0.39, 0.29) is 17.4 Å². The number of hydrogen-bond donors (Lipinski definition) is 3. The lowest BCUT2D eigenvalue weighted by Gasteiger charge is -2.35. The molecule has 12 aromatic rings. The summed E-state index contributed by atoms with van der Waals surface area (Å²) in [6, 6.07) is 56.2. The molecular weight excluding hydrogens is 1620 g/mol. The molecule has 0 saturated carbocycles. The summed E-state index contributed by atoms with van der Waals surface area (Å²) < 4.78 is 80.4. The molecule has 0 aliphatic carbocycles. The number of methoxy groups -OCH3 is 1. The number of likely N-dealkylation sites (N-methyl/N-ethyl adjacent to an activating group) is 2. The van der Waals surface area contributed by atoms with Crippen LogP contribution in [-0.4, -0.2) is 212 Å². The minimum atomic E-state index is -0.503. The molecule has 632 valence electrons. The van der Waals surface area contributed by atoms with Crippen molar-refractivity contribution in [2.45, 2.75) is 56.7 Å². The van der Waals surface area contributed by atoms with Crippen molar-refractivity contribution in [3.05, 3.63) is 283 Å². The number of amides is 3. The fourth-order valence-corrected chi connectivity index (χ4v) is 17.9. The number of halogens is 6. The van der Waals surface area contributed by atoms with Crippen molar-refractivity contribution in [1.82, 2.24) is 49.3 Å². The maximum atomic E-state index is 13.4. The lowest BCUT2D eigenvalue weighted by atomic mass is 9.92. The second-order valence-corrected chi connectivity index (χ2v) is 33.4. The van der Waals surface area contributed by atoms with Crippen LogP contribution in [0.1, 0.15) is 87.9 Å². The maximum absolute atomic E-state index is 13.4. The predicted molar refractivity (Wildman–Crippen MR) is 471 cm³/mol. The number of piperazine rings is 1. The van der Waals surface area contributed by atoms with Crippen LogP contribution in [0.3, 0.4) is 0 Å². The zero-order valence-electron chi connectivity index (χ0n) is 67.9. The molecule has 3 atom stereocenters. The number of rotatable bonds is 24. The van der Waals surface area contributed by atoms with Crippen molar-refractivity contribution in [3.8, 4) is 34.5 Å². The molecule has 121 heavy (non-hydrogen) atoms. The number of benzene rings is 9. The number of thioether (sulfide) groups is 1. The molecule has 3 N–H and O–H groups in total. The van der Waals surface area contributed by atoms with E-state index in [4.69, 9.17) is 68.0 Å². The van der Waals surface area contributed by atoms with E-state index in [0.29, 0.717) is 91.9 Å². The minimum Gasteiger partial charge on any atom is -0.494 e. The molecule has 8 heterocycles. The highest BCUT2D eigenvalue weighted by Crippen LogP contribution is 2.44. The van der Waals surface area contributed by atoms with E-state index in [1.165, 1.54) is 84.3 Å². The number of aromatic amines is 3. The zero-order valence-corrected chi connectivity index (χ0v) is 70.9. The molecule has 2 fully saturated rings. The highest BCUT2D eigenvalue weighted by molar-refractivity contribution is 7.99. The largest absolute Gasteiger partial charge is 0.494 e. The number of fused-ring (bicyclic) bond motifs is 9. The van der Waals surface area contributed by atoms with Crippen LogP contribution >= 0.6 is 46.6 Å². The van der Waals surface area contributed by atoms with Crippen molar-refractivity contribution >= 4 is 97.6 Å². The Morgan fingerprint density at radius 1 is 0.405 bits per heavy atom. The minimum absolute atomic E-state index is 0.288. The Hall–Kier alpha value is -10.4. The van der Waals surface area contributed by atoms with Gasteiger partial charge in [-0.05, 0) is 250 Å². The first-order chi connectivity index (χ1) is 58.9. The molecule has 0 bridgehead atoms. The molecule has 5 aliphatic rings. The van der Waals surface area contributed by atoms with Gasteiger partial charge in [0.05, 0.1) is 26.4 Å². The summed E-state index contributed by atoms with van der Waals surface area (Å²) in [6.07, 6.45) is 3.32. The van der Waals surface area contributed by atoms with Crippen LogP contribution in [-0.2, 0) is 24.0 Å². The standard InChI is InChI=1S/C32H34ClFN4O3.C31H33ClFN3O4.C31H31ClFN3O3S/c1-36-16-18-37(19-17-36)14-2-20-40-25-8-3-22(4-9-25)31-30-27(28-21-23(33)5-12-29(28)35-30)13-15-38(31)32(39)41-26-10-6-24(34)7-11-26;1-35(17-19-38-2)15-3-18-39-24-9-4-21(5-10-24)30-29-26(27-20-22(32)6-13-28(27)34-29)14-16-36(30)31(37)40-25-11-7-23(33)8-12-25;32-22-4-11-28-27(20-22)26-12-14-36(31(37)39-25-9-5-23(33)6-10-25)30(29(26)34-28)21-2-7-24(8-3-21)38-17-1-13-35-15-18-40-19-16-35/h3-12,21,31,35H,2,13-20H2,1H3;4-13,20,30,34H,3,14-19H2,1-2H3;2-11,20,30,34H,1,12-19H2. The van der Waals surface area contributed by atoms with Gasteiger partial charge in [-0.25, -0.2) is 27.6 Å². The molecule has 0 radical (unpaired) electrons. The Morgan fingerprint density at radius 3 is 1.07 bits per heavy atom. The molecule has 17 rings (SSSR count). The normalized spacial score (nSPS) is 16.8. The number of nitrogens with zero attached hydrogens (tertiary/aromatic N) is 7. The van der Waals surface area contributed by atoms with Crippen molar-refractivity contribution in [3.63, 3.8) is 0 Å². The summed E-state index contributed by atoms with van der Waals surface area (Å²) in [4.78, 5) is 65.6. The van der Waals surface area contributed by atoms with Crippen LogP contribution in [0, 0.1) is 17.5 Å². The van der Waals surface area contributed by atoms with Crippen molar-refractivity contribution in [1.29, 1.82) is 0 Å². The summed E-state index contributed by atoms with van der Waals surface area (Å²) in [6.45, 7) is 14.6. The first-order valence-electron chi connectivity index (χ1n) is 41.1. The van der Waals surface area contributed by atoms with Gasteiger partial charge in [0.25, 0.3) is 0 Å². The fraction of sp³-hybridized carbons (Fsp3) is 0.330. The van der Waals surface area contributed by atoms with Gasteiger partial charge in [0.2, 0.25) is 0 Å². The van der Waals surface area contributed by atoms with E-state index < -0.39 is 42.2 Å². The topological polar surface area (TPSA) is 186 Å². The lowest BCUT2D eigenvalue weighted by Crippen LogP contribution is -2.44. The quantitative estimate of drug-likeness (QED) is 0.0485. The third-order valence-electron chi connectivity index (χ3n) is 22.7. The first kappa shape index (κ1) is 85.6. The molecule has 5 aliphatic heterocycles. The van der Waals surface area contributed by atoms with Crippen LogP contribution in [0.4, 0.5) is 27.6 Å². The highest BCUT2D eigenvalue weighted by Gasteiger charge is 2.40. The zero-order chi connectivity index (χ0) is 83.9. The summed E-state index contributed by atoms with van der Waals surface area (Å²) >= 11 is 21.0. The Morgan fingerprint density at radius 2 is 0.727 bits per heavy atom. The molecular formula is C94H98Cl3F3N10O10S. The van der Waals surface area contributed by atoms with E-state index in [9.17, 15) is 27.6 Å². The summed E-state index contributed by atoms with van der Waals surface area (Å²) in [5.74, 6) is 4.51. The monoisotopic (exact) mass is 1720 g/mol. The average molecular weight is 1720 g/mol. The first-order valence-corrected chi connectivity index (χ1v) is 43.4. The number of hydrogen-bond acceptors (Lipinski definition) is 15. The van der Waals surface area contributed by atoms with Gasteiger partial charge in [-0.2, -0.15) is 11.8 Å². The van der Waals surface area contributed by atoms with Crippen molar-refractivity contribution < 1.29 is 60.7 Å². The third kappa shape index (κ3) is 21.6. The van der Waals surface area contributed by atoms with Crippen LogP contribution in [0.2, 0.25) is 15.1 Å². The summed E-state index contributed by atoms with van der Waals surface area (Å²) in [5, 5.41) is 5.17. The van der Waals surface area contributed by atoms with Gasteiger partial charge in [-0.3, -0.25) is 14.7 Å². The molecule has 27 heteroatoms. The molecule has 20 nitrogen and oxygen atoms in total. The average Bonchev–Trinajstić information content (AvgIpc) is 1.63. The Labute approximate surface area is 721 Å². The number of carbonyl (C=O) groups excluding carboxylic acids is 3. The Kier molecular flexibility index (Phi) is 28.7. The van der Waals surface area contributed by atoms with Crippen molar-refractivity contribution in [2.24, 2.45) is 0 Å². The SMILES string of the molecule is CN1CCN(CCCOc2ccc(C3c4[nH]c5ccc(Cl)cc5c4CCN3C(=O)Oc3ccc(F)cc3)cc2)CC1.COCCN(C)CCCOc1ccc(C2c3[nH]c4ccc(Cl)cc4c3CCN2C(=O)Oc2ccc(F)cc2)cc1.O=C(Oc1ccc(F)cc1)N1CCc2c([nH]c3ccc(Cl)cc23)C1c1ccc(OCCCN2CCSCC2)cc1. The highest BCUT2D eigenvalue weighted by atomic mass is 35.5. The summed E-state index contributed by atoms with van der Waals surface area (Å²) in [5.41, 5.74) is 11.9. The van der Waals surface area contributed by atoms with E-state index in [0.717, 1.165) is 185 Å². The molecule has 0 spiro atoms. The number of carbonyl (C=O) groups is 3.